The number of carbonyl (C=O) groups is 3. The fourth-order valence-corrected chi connectivity index (χ4v) is 6.07. The quantitative estimate of drug-likeness (QED) is 0.0248. The molecule has 286 valence electrons. The van der Waals surface area contributed by atoms with E-state index in [-0.39, 0.29) is 148 Å². The van der Waals surface area contributed by atoms with Crippen molar-refractivity contribution in [2.75, 3.05) is 59.4 Å². The number of hydrogen-bond donors (Lipinski definition) is 3. The zero-order chi connectivity index (χ0) is 38.3. The van der Waals surface area contributed by atoms with Gasteiger partial charge >= 0.3 is 114 Å². The van der Waals surface area contributed by atoms with E-state index in [1.54, 1.807) is 0 Å². The van der Waals surface area contributed by atoms with E-state index in [2.05, 4.69) is 53.4 Å². The van der Waals surface area contributed by atoms with E-state index in [1.165, 1.54) is 44.5 Å². The summed E-state index contributed by atoms with van der Waals surface area (Å²) < 4.78 is 20.4. The Morgan fingerprint density at radius 2 is 1.04 bits per heavy atom. The summed E-state index contributed by atoms with van der Waals surface area (Å²) in [5, 5.41) is 25.2. The van der Waals surface area contributed by atoms with E-state index in [1.807, 2.05) is 48.5 Å². The first kappa shape index (κ1) is 51.6. The van der Waals surface area contributed by atoms with Crippen molar-refractivity contribution in [3.05, 3.63) is 119 Å². The molecule has 0 bridgehead atoms. The van der Waals surface area contributed by atoms with Crippen LogP contribution in [-0.2, 0) is 33.4 Å². The first-order chi connectivity index (χ1) is 25.9. The second kappa shape index (κ2) is 30.7. The molecule has 6 rings (SSSR count). The van der Waals surface area contributed by atoms with Gasteiger partial charge in [-0.1, -0.05) is 97.1 Å². The molecule has 0 radical (unpaired) electrons. The smallest absolute Gasteiger partial charge is 1.00 e. The number of carbonyl (C=O) groups excluding carboxylic acids is 3. The van der Waals surface area contributed by atoms with Crippen LogP contribution in [0.15, 0.2) is 97.1 Å². The van der Waals surface area contributed by atoms with Gasteiger partial charge in [-0.05, 0) is 50.9 Å². The number of nitrogens with two attached hydrogens (primary N) is 1. The van der Waals surface area contributed by atoms with Crippen molar-refractivity contribution >= 4 is 29.5 Å². The fraction of sp³-hybridized carbons (Fsp3) is 0.325. The van der Waals surface area contributed by atoms with Crippen molar-refractivity contribution in [1.82, 2.24) is 0 Å². The molecule has 0 unspecified atom stereocenters. The molecule has 0 atom stereocenters. The summed E-state index contributed by atoms with van der Waals surface area (Å²) in [4.78, 5) is 33.9. The van der Waals surface area contributed by atoms with Crippen molar-refractivity contribution in [3.63, 3.8) is 0 Å². The van der Waals surface area contributed by atoms with Crippen LogP contribution in [0, 0.1) is 0 Å². The summed E-state index contributed by atoms with van der Waals surface area (Å²) in [5.74, 6) is -0.0171. The third-order valence-electron chi connectivity index (χ3n) is 8.14. The Bertz CT molecular complexity index is 1630. The van der Waals surface area contributed by atoms with Gasteiger partial charge < -0.3 is 46.5 Å². The van der Waals surface area contributed by atoms with Gasteiger partial charge in [0, 0.05) is 43.0 Å². The van der Waals surface area contributed by atoms with E-state index in [4.69, 9.17) is 56.5 Å². The molecule has 55 heavy (non-hydrogen) atoms. The number of esters is 1. The van der Waals surface area contributed by atoms with Crippen LogP contribution in [0.3, 0.4) is 0 Å². The molecule has 12 nitrogen and oxygen atoms in total. The van der Waals surface area contributed by atoms with Crippen LogP contribution in [0.4, 0.5) is 4.79 Å². The van der Waals surface area contributed by atoms with Gasteiger partial charge in [0.25, 0.3) is 6.47 Å². The normalized spacial score (nSPS) is 11.4. The van der Waals surface area contributed by atoms with Crippen LogP contribution in [0.2, 0.25) is 0 Å². The SMILES string of the molecule is NCCOCCO.O=C(CCCOCCO)OCC1c2ccccc2-c2ccccc21.O=C(Cl)OCC1c2ccccc2-c2ccccc21.O=CO[O-].[H-].[K+].[K+]. The molecule has 0 heterocycles. The Balaban J connectivity index is 0.000000835. The van der Waals surface area contributed by atoms with Gasteiger partial charge in [0.1, 0.15) is 13.2 Å². The van der Waals surface area contributed by atoms with E-state index in [9.17, 15) is 9.59 Å². The van der Waals surface area contributed by atoms with Gasteiger partial charge in [-0.2, -0.15) is 0 Å². The van der Waals surface area contributed by atoms with Crippen LogP contribution in [0.5, 0.6) is 0 Å². The molecular formula is C40H46ClK2NO11. The molecule has 0 aromatic heterocycles. The van der Waals surface area contributed by atoms with Crippen molar-refractivity contribution in [3.8, 4) is 22.3 Å². The predicted octanol–water partition coefficient (Wildman–Crippen LogP) is -1.19. The monoisotopic (exact) mass is 829 g/mol. The summed E-state index contributed by atoms with van der Waals surface area (Å²) in [6.07, 6.45) is 0.943. The number of fused-ring (bicyclic) bond motifs is 6. The Morgan fingerprint density at radius 1 is 0.673 bits per heavy atom. The van der Waals surface area contributed by atoms with Crippen LogP contribution in [-0.4, -0.2) is 87.5 Å². The zero-order valence-electron chi connectivity index (χ0n) is 32.3. The third-order valence-corrected chi connectivity index (χ3v) is 8.25. The number of aliphatic hydroxyl groups is 2. The second-order valence-corrected chi connectivity index (χ2v) is 11.8. The molecule has 0 spiro atoms. The van der Waals surface area contributed by atoms with Gasteiger partial charge in [0.05, 0.1) is 33.0 Å². The van der Waals surface area contributed by atoms with Crippen LogP contribution >= 0.6 is 11.6 Å². The van der Waals surface area contributed by atoms with Gasteiger partial charge in [-0.15, -0.1) is 0 Å². The minimum absolute atomic E-state index is 0. The van der Waals surface area contributed by atoms with E-state index >= 15 is 0 Å². The van der Waals surface area contributed by atoms with Crippen LogP contribution in [0.25, 0.3) is 22.3 Å². The summed E-state index contributed by atoms with van der Waals surface area (Å²) in [6.45, 7) is 2.80. The summed E-state index contributed by atoms with van der Waals surface area (Å²) in [6, 6.07) is 33.0. The molecule has 4 N–H and O–H groups in total. The minimum atomic E-state index is -0.753. The Kier molecular flexibility index (Phi) is 28.8. The zero-order valence-corrected chi connectivity index (χ0v) is 38.3. The topological polar surface area (TPSA) is 187 Å². The van der Waals surface area contributed by atoms with Gasteiger partial charge in [0.2, 0.25) is 0 Å². The van der Waals surface area contributed by atoms with Gasteiger partial charge in [0.15, 0.2) is 0 Å². The summed E-state index contributed by atoms with van der Waals surface area (Å²) in [5.41, 5.74) is 14.0. The van der Waals surface area contributed by atoms with Crippen LogP contribution in [0.1, 0.15) is 48.4 Å². The molecule has 0 amide bonds. The standard InChI is InChI=1S/C20H22O4.C15H11ClO2.C4H11NO2.CH2O3.2K.H/c21-11-13-23-12-5-10-20(22)24-14-19-17-8-3-1-6-15(17)16-7-2-4-9-18(16)19;16-15(17)18-9-14-12-7-3-1-5-10(12)11-6-2-4-8-13(11)14;5-1-3-7-4-2-6;2-1-4-3;;;/h1-4,6-9,19,21H,5,10-14H2;1-8,14H,9H2;6H,1-5H2;1,3H;;;/q;;;;2*+1;-1/p-1. The van der Waals surface area contributed by atoms with Gasteiger partial charge in [-0.25, -0.2) is 4.79 Å². The number of benzene rings is 4. The number of halogens is 1. The molecule has 2 aliphatic carbocycles. The molecule has 15 heteroatoms. The Morgan fingerprint density at radius 3 is 1.38 bits per heavy atom. The van der Waals surface area contributed by atoms with Crippen molar-refractivity contribution in [2.24, 2.45) is 5.73 Å². The largest absolute Gasteiger partial charge is 1.00 e. The number of aliphatic hydroxyl groups excluding tert-OH is 2. The van der Waals surface area contributed by atoms with Crippen LogP contribution < -0.4 is 114 Å². The minimum Gasteiger partial charge on any atom is -1.00 e. The number of hydrogen-bond acceptors (Lipinski definition) is 12. The van der Waals surface area contributed by atoms with E-state index < -0.39 is 5.43 Å². The fourth-order valence-electron chi connectivity index (χ4n) is 6.01. The first-order valence-electron chi connectivity index (χ1n) is 17.1. The van der Waals surface area contributed by atoms with Crippen molar-refractivity contribution in [1.29, 1.82) is 0 Å². The third kappa shape index (κ3) is 17.2. The first-order valence-corrected chi connectivity index (χ1v) is 17.4. The molecule has 0 aliphatic heterocycles. The number of ether oxygens (including phenoxy) is 4. The maximum absolute atomic E-state index is 11.9. The Hall–Kier alpha value is -1.39. The molecule has 0 saturated carbocycles. The molecule has 2 aliphatic rings. The van der Waals surface area contributed by atoms with E-state index in [0.29, 0.717) is 52.4 Å². The summed E-state index contributed by atoms with van der Waals surface area (Å²) in [7, 11) is 0. The predicted molar refractivity (Wildman–Crippen MR) is 198 cm³/mol. The average Bonchev–Trinajstić information content (AvgIpc) is 3.69. The van der Waals surface area contributed by atoms with Crippen molar-refractivity contribution < 1.29 is 158 Å². The van der Waals surface area contributed by atoms with Gasteiger partial charge in [-0.3, -0.25) is 9.59 Å². The maximum Gasteiger partial charge on any atom is 1.00 e. The Labute approximate surface area is 413 Å². The van der Waals surface area contributed by atoms with E-state index in [0.717, 1.165) is 0 Å². The molecule has 0 fully saturated rings. The number of rotatable bonds is 15. The second-order valence-electron chi connectivity index (χ2n) is 11.4. The summed E-state index contributed by atoms with van der Waals surface area (Å²) >= 11 is 5.25. The maximum atomic E-state index is 11.9. The average molecular weight is 830 g/mol. The molecule has 4 aromatic rings. The molecule has 0 saturated heterocycles. The molecule has 4 aromatic carbocycles. The molecular weight excluding hydrogens is 784 g/mol. The van der Waals surface area contributed by atoms with Crippen molar-refractivity contribution in [2.45, 2.75) is 24.7 Å².